The van der Waals surface area contributed by atoms with Gasteiger partial charge in [-0.1, -0.05) is 30.3 Å². The molecule has 1 N–H and O–H groups in total. The van der Waals surface area contributed by atoms with Crippen molar-refractivity contribution in [1.29, 1.82) is 0 Å². The van der Waals surface area contributed by atoms with Crippen molar-refractivity contribution < 1.29 is 23.5 Å². The molecule has 0 saturated heterocycles. The molecule has 0 unspecified atom stereocenters. The molecule has 0 aliphatic rings. The number of carbonyl (C=O) groups excluding carboxylic acids is 2. The zero-order chi connectivity index (χ0) is 20.6. The van der Waals surface area contributed by atoms with Crippen LogP contribution in [-0.2, 0) is 11.3 Å². The second kappa shape index (κ2) is 9.36. The molecule has 3 rings (SSSR count). The van der Waals surface area contributed by atoms with Gasteiger partial charge in [0.05, 0.1) is 12.2 Å². The summed E-state index contributed by atoms with van der Waals surface area (Å²) < 4.78 is 15.6. The van der Waals surface area contributed by atoms with E-state index in [4.69, 9.17) is 13.9 Å². The number of benzene rings is 2. The second-order valence-electron chi connectivity index (χ2n) is 6.00. The Morgan fingerprint density at radius 3 is 2.41 bits per heavy atom. The van der Waals surface area contributed by atoms with Gasteiger partial charge in [0.15, 0.2) is 5.76 Å². The van der Waals surface area contributed by atoms with Crippen molar-refractivity contribution in [2.45, 2.75) is 13.5 Å². The molecular weight excluding hydrogens is 374 g/mol. The number of ether oxygens (including phenoxy) is 2. The van der Waals surface area contributed by atoms with Crippen LogP contribution in [0.4, 0.5) is 5.69 Å². The zero-order valence-electron chi connectivity index (χ0n) is 15.7. The number of esters is 1. The number of rotatable bonds is 7. The molecule has 3 aromatic rings. The lowest BCUT2D eigenvalue weighted by molar-refractivity contribution is 0.0526. The molecule has 1 heterocycles. The molecule has 0 atom stereocenters. The smallest absolute Gasteiger partial charge is 0.338 e. The molecule has 0 radical (unpaired) electrons. The van der Waals surface area contributed by atoms with Gasteiger partial charge in [-0.15, -0.1) is 0 Å². The van der Waals surface area contributed by atoms with Crippen LogP contribution in [0.1, 0.15) is 33.4 Å². The van der Waals surface area contributed by atoms with Crippen molar-refractivity contribution in [2.24, 2.45) is 0 Å². The minimum Gasteiger partial charge on any atom is -0.482 e. The molecule has 0 aliphatic heterocycles. The second-order valence-corrected chi connectivity index (χ2v) is 6.00. The summed E-state index contributed by atoms with van der Waals surface area (Å²) in [6.07, 6.45) is 1.12. The highest BCUT2D eigenvalue weighted by Crippen LogP contribution is 2.14. The Morgan fingerprint density at radius 2 is 1.76 bits per heavy atom. The van der Waals surface area contributed by atoms with Crippen LogP contribution in [0.15, 0.2) is 76.1 Å². The quantitative estimate of drug-likeness (QED) is 0.616. The van der Waals surface area contributed by atoms with Crippen molar-refractivity contribution in [3.63, 3.8) is 0 Å². The Balaban J connectivity index is 1.63. The van der Waals surface area contributed by atoms with E-state index in [2.05, 4.69) is 5.32 Å². The largest absolute Gasteiger partial charge is 0.482 e. The topological polar surface area (TPSA) is 94.8 Å². The summed E-state index contributed by atoms with van der Waals surface area (Å²) in [5.41, 5.74) is 1.25. The van der Waals surface area contributed by atoms with Crippen LogP contribution in [0.3, 0.4) is 0 Å². The van der Waals surface area contributed by atoms with Crippen molar-refractivity contribution in [3.8, 4) is 5.75 Å². The molecule has 7 heteroatoms. The van der Waals surface area contributed by atoms with Crippen LogP contribution >= 0.6 is 0 Å². The van der Waals surface area contributed by atoms with Crippen LogP contribution in [-0.4, -0.2) is 18.5 Å². The van der Waals surface area contributed by atoms with Crippen LogP contribution in [0, 0.1) is 0 Å². The number of hydrogen-bond donors (Lipinski definition) is 1. The van der Waals surface area contributed by atoms with Gasteiger partial charge in [-0.3, -0.25) is 9.59 Å². The first-order valence-electron chi connectivity index (χ1n) is 8.95. The SMILES string of the molecule is CCOC(=O)c1ccc(NC(=O)c2cc(=O)c(OCc3ccccc3)co2)cc1. The Bertz CT molecular complexity index is 1040. The molecule has 0 bridgehead atoms. The van der Waals surface area contributed by atoms with E-state index in [-0.39, 0.29) is 24.7 Å². The lowest BCUT2D eigenvalue weighted by Crippen LogP contribution is -2.16. The maximum Gasteiger partial charge on any atom is 0.338 e. The van der Waals surface area contributed by atoms with E-state index < -0.39 is 17.3 Å². The molecule has 0 aliphatic carbocycles. The first-order valence-corrected chi connectivity index (χ1v) is 8.95. The Hall–Kier alpha value is -3.87. The Labute approximate surface area is 166 Å². The minimum atomic E-state index is -0.597. The Morgan fingerprint density at radius 1 is 1.03 bits per heavy atom. The fourth-order valence-corrected chi connectivity index (χ4v) is 2.46. The molecule has 0 fully saturated rings. The molecule has 0 saturated carbocycles. The van der Waals surface area contributed by atoms with E-state index in [1.807, 2.05) is 30.3 Å². The summed E-state index contributed by atoms with van der Waals surface area (Å²) >= 11 is 0. The van der Waals surface area contributed by atoms with Crippen molar-refractivity contribution in [2.75, 3.05) is 11.9 Å². The lowest BCUT2D eigenvalue weighted by atomic mass is 10.2. The van der Waals surface area contributed by atoms with Crippen molar-refractivity contribution >= 4 is 17.6 Å². The molecule has 2 aromatic carbocycles. The first kappa shape index (κ1) is 19.9. The van der Waals surface area contributed by atoms with Gasteiger partial charge < -0.3 is 19.2 Å². The highest BCUT2D eigenvalue weighted by Gasteiger charge is 2.13. The van der Waals surface area contributed by atoms with Gasteiger partial charge in [0.1, 0.15) is 12.9 Å². The monoisotopic (exact) mass is 393 g/mol. The van der Waals surface area contributed by atoms with Gasteiger partial charge in [0.25, 0.3) is 5.91 Å². The van der Waals surface area contributed by atoms with Crippen molar-refractivity contribution in [3.05, 3.63) is 94.0 Å². The van der Waals surface area contributed by atoms with Gasteiger partial charge in [-0.25, -0.2) is 4.79 Å². The van der Waals surface area contributed by atoms with Gasteiger partial charge in [0, 0.05) is 11.8 Å². The van der Waals surface area contributed by atoms with Crippen LogP contribution < -0.4 is 15.5 Å². The maximum absolute atomic E-state index is 12.3. The number of hydrogen-bond acceptors (Lipinski definition) is 6. The molecular formula is C22H19NO6. The van der Waals surface area contributed by atoms with Gasteiger partial charge >= 0.3 is 5.97 Å². The molecule has 7 nitrogen and oxygen atoms in total. The fraction of sp³-hybridized carbons (Fsp3) is 0.136. The molecule has 1 amide bonds. The average molecular weight is 393 g/mol. The highest BCUT2D eigenvalue weighted by molar-refractivity contribution is 6.02. The van der Waals surface area contributed by atoms with Crippen molar-refractivity contribution in [1.82, 2.24) is 0 Å². The summed E-state index contributed by atoms with van der Waals surface area (Å²) in [4.78, 5) is 36.1. The third-order valence-electron chi connectivity index (χ3n) is 3.91. The summed E-state index contributed by atoms with van der Waals surface area (Å²) in [5, 5.41) is 2.60. The van der Waals surface area contributed by atoms with E-state index in [1.165, 1.54) is 12.1 Å². The van der Waals surface area contributed by atoms with E-state index in [9.17, 15) is 14.4 Å². The molecule has 0 spiro atoms. The van der Waals surface area contributed by atoms with Crippen LogP contribution in [0.25, 0.3) is 0 Å². The molecule has 29 heavy (non-hydrogen) atoms. The summed E-state index contributed by atoms with van der Waals surface area (Å²) in [6.45, 7) is 2.21. The lowest BCUT2D eigenvalue weighted by Gasteiger charge is -2.07. The predicted octanol–water partition coefficient (Wildman–Crippen LogP) is 3.65. The first-order chi connectivity index (χ1) is 14.1. The third-order valence-corrected chi connectivity index (χ3v) is 3.91. The van der Waals surface area contributed by atoms with E-state index in [0.717, 1.165) is 17.9 Å². The summed E-state index contributed by atoms with van der Waals surface area (Å²) in [5.74, 6) is -1.18. The third kappa shape index (κ3) is 5.32. The van der Waals surface area contributed by atoms with E-state index in [1.54, 1.807) is 19.1 Å². The molecule has 148 valence electrons. The number of carbonyl (C=O) groups is 2. The van der Waals surface area contributed by atoms with Gasteiger partial charge in [0.2, 0.25) is 11.2 Å². The normalized spacial score (nSPS) is 10.2. The Kier molecular flexibility index (Phi) is 6.42. The number of nitrogens with one attached hydrogen (secondary N) is 1. The van der Waals surface area contributed by atoms with Crippen LogP contribution in [0.2, 0.25) is 0 Å². The fourth-order valence-electron chi connectivity index (χ4n) is 2.46. The highest BCUT2D eigenvalue weighted by atomic mass is 16.5. The van der Waals surface area contributed by atoms with E-state index in [0.29, 0.717) is 11.3 Å². The summed E-state index contributed by atoms with van der Waals surface area (Å²) in [7, 11) is 0. The number of amides is 1. The van der Waals surface area contributed by atoms with E-state index >= 15 is 0 Å². The van der Waals surface area contributed by atoms with Gasteiger partial charge in [-0.05, 0) is 36.8 Å². The van der Waals surface area contributed by atoms with Gasteiger partial charge in [-0.2, -0.15) is 0 Å². The summed E-state index contributed by atoms with van der Waals surface area (Å²) in [6, 6.07) is 16.6. The average Bonchev–Trinajstić information content (AvgIpc) is 2.74. The maximum atomic E-state index is 12.3. The standard InChI is InChI=1S/C22H19NO6/c1-2-27-22(26)16-8-10-17(11-9-16)23-21(25)19-12-18(24)20(14-29-19)28-13-15-6-4-3-5-7-15/h3-12,14H,2,13H2,1H3,(H,23,25). The van der Waals surface area contributed by atoms with Crippen LogP contribution in [0.5, 0.6) is 5.75 Å². The minimum absolute atomic E-state index is 0.0178. The molecule has 1 aromatic heterocycles. The predicted molar refractivity (Wildman–Crippen MR) is 106 cm³/mol. The number of anilines is 1. The zero-order valence-corrected chi connectivity index (χ0v) is 15.7.